The number of unbranched alkanes of at least 4 members (excludes halogenated alkanes) is 27. The second-order valence-electron chi connectivity index (χ2n) is 25.2. The summed E-state index contributed by atoms with van der Waals surface area (Å²) in [6.45, 7) is 13.9. The van der Waals surface area contributed by atoms with Gasteiger partial charge in [0.2, 0.25) is 0 Å². The average Bonchev–Trinajstić information content (AvgIpc) is 3.54. The number of aliphatic hydroxyl groups excluding tert-OH is 1. The Balaban J connectivity index is 5.25. The molecule has 0 saturated carbocycles. The third-order valence-corrected chi connectivity index (χ3v) is 17.1. The Morgan fingerprint density at radius 3 is 0.845 bits per heavy atom. The number of carbonyl (C=O) groups is 4. The van der Waals surface area contributed by atoms with Gasteiger partial charge in [-0.3, -0.25) is 37.3 Å². The fourth-order valence-electron chi connectivity index (χ4n) is 9.57. The topological polar surface area (TPSA) is 237 Å². The van der Waals surface area contributed by atoms with E-state index in [9.17, 15) is 43.2 Å². The van der Waals surface area contributed by atoms with Crippen LogP contribution in [-0.2, 0) is 65.4 Å². The molecule has 0 heterocycles. The lowest BCUT2D eigenvalue weighted by Crippen LogP contribution is -2.30. The predicted molar refractivity (Wildman–Crippen MR) is 335 cm³/mol. The summed E-state index contributed by atoms with van der Waals surface area (Å²) in [5.41, 5.74) is 0. The fourth-order valence-corrected chi connectivity index (χ4v) is 11.2. The van der Waals surface area contributed by atoms with Gasteiger partial charge in [-0.25, -0.2) is 9.13 Å². The van der Waals surface area contributed by atoms with Crippen molar-refractivity contribution in [3.8, 4) is 0 Å². The van der Waals surface area contributed by atoms with Gasteiger partial charge < -0.3 is 33.8 Å². The largest absolute Gasteiger partial charge is 0.472 e. The quantitative estimate of drug-likeness (QED) is 0.0222. The number of carbonyl (C=O) groups excluding carboxylic acids is 4. The molecule has 3 N–H and O–H groups in total. The van der Waals surface area contributed by atoms with Crippen LogP contribution in [0, 0.1) is 23.7 Å². The van der Waals surface area contributed by atoms with Gasteiger partial charge in [0.25, 0.3) is 0 Å². The van der Waals surface area contributed by atoms with E-state index in [0.29, 0.717) is 31.6 Å². The first-order valence-corrected chi connectivity index (χ1v) is 36.7. The van der Waals surface area contributed by atoms with E-state index in [1.54, 1.807) is 0 Å². The minimum Gasteiger partial charge on any atom is -0.462 e. The van der Waals surface area contributed by atoms with Gasteiger partial charge in [0.1, 0.15) is 19.3 Å². The van der Waals surface area contributed by atoms with Crippen LogP contribution in [0.25, 0.3) is 0 Å². The number of esters is 4. The van der Waals surface area contributed by atoms with Crippen molar-refractivity contribution in [3.05, 3.63) is 0 Å². The molecule has 0 aliphatic heterocycles. The summed E-state index contributed by atoms with van der Waals surface area (Å²) in [7, 11) is -9.89. The molecule has 0 amide bonds. The molecule has 0 aromatic carbocycles. The van der Waals surface area contributed by atoms with Crippen molar-refractivity contribution in [3.63, 3.8) is 0 Å². The number of hydrogen-bond donors (Lipinski definition) is 3. The number of phosphoric ester groups is 2. The summed E-state index contributed by atoms with van der Waals surface area (Å²) in [5.74, 6) is 0.753. The van der Waals surface area contributed by atoms with Gasteiger partial charge >= 0.3 is 39.5 Å². The Labute approximate surface area is 511 Å². The zero-order valence-corrected chi connectivity index (χ0v) is 56.3. The van der Waals surface area contributed by atoms with Gasteiger partial charge in [0.05, 0.1) is 26.4 Å². The molecular weight excluding hydrogens is 1110 g/mol. The van der Waals surface area contributed by atoms with Crippen LogP contribution in [0.3, 0.4) is 0 Å². The van der Waals surface area contributed by atoms with E-state index in [1.807, 2.05) is 0 Å². The van der Waals surface area contributed by atoms with Crippen molar-refractivity contribution < 1.29 is 80.2 Å². The number of aliphatic hydroxyl groups is 1. The van der Waals surface area contributed by atoms with Gasteiger partial charge in [-0.05, 0) is 49.4 Å². The normalized spacial score (nSPS) is 14.7. The number of ether oxygens (including phenoxy) is 4. The van der Waals surface area contributed by atoms with Crippen molar-refractivity contribution >= 4 is 39.5 Å². The van der Waals surface area contributed by atoms with Gasteiger partial charge in [-0.2, -0.15) is 0 Å². The van der Waals surface area contributed by atoms with E-state index >= 15 is 0 Å². The third kappa shape index (κ3) is 57.8. The lowest BCUT2D eigenvalue weighted by molar-refractivity contribution is -0.161. The van der Waals surface area contributed by atoms with Gasteiger partial charge in [-0.1, -0.05) is 261 Å². The molecular formula is C65H126O17P2. The predicted octanol–water partition coefficient (Wildman–Crippen LogP) is 17.8. The van der Waals surface area contributed by atoms with E-state index in [1.165, 1.54) is 103 Å². The maximum Gasteiger partial charge on any atom is 0.472 e. The van der Waals surface area contributed by atoms with Crippen LogP contribution in [0.15, 0.2) is 0 Å². The maximum absolute atomic E-state index is 13.0. The second kappa shape index (κ2) is 55.2. The first kappa shape index (κ1) is 82.1. The van der Waals surface area contributed by atoms with E-state index in [4.69, 9.17) is 37.0 Å². The third-order valence-electron chi connectivity index (χ3n) is 15.2. The van der Waals surface area contributed by atoms with Crippen LogP contribution < -0.4 is 0 Å². The SMILES string of the molecule is CCC(C)CCCCCCCCC(=O)OC[C@H](COP(=O)(O)OC[C@H](O)COP(=O)(O)OC[C@@H](COC(=O)CCCCCCCCC(C)C)OC(=O)CCCCCCCCCCCCCC(C)C)OC(=O)CCCCCCCCCCC(C)C. The Hall–Kier alpha value is -1.94. The minimum absolute atomic E-state index is 0.103. The zero-order chi connectivity index (χ0) is 62.5. The average molecular weight is 1240 g/mol. The van der Waals surface area contributed by atoms with E-state index in [0.717, 1.165) is 120 Å². The van der Waals surface area contributed by atoms with Crippen molar-refractivity contribution in [2.75, 3.05) is 39.6 Å². The molecule has 0 spiro atoms. The summed E-state index contributed by atoms with van der Waals surface area (Å²) < 4.78 is 68.0. The summed E-state index contributed by atoms with van der Waals surface area (Å²) in [6.07, 6.45) is 35.0. The number of hydrogen-bond acceptors (Lipinski definition) is 15. The van der Waals surface area contributed by atoms with Crippen LogP contribution in [-0.4, -0.2) is 96.7 Å². The van der Waals surface area contributed by atoms with Gasteiger partial charge in [-0.15, -0.1) is 0 Å². The van der Waals surface area contributed by atoms with Crippen molar-refractivity contribution in [1.82, 2.24) is 0 Å². The van der Waals surface area contributed by atoms with Crippen LogP contribution in [0.5, 0.6) is 0 Å². The molecule has 0 bridgehead atoms. The number of rotatable bonds is 62. The minimum atomic E-state index is -4.95. The molecule has 3 unspecified atom stereocenters. The molecule has 0 aromatic rings. The Kier molecular flexibility index (Phi) is 53.9. The highest BCUT2D eigenvalue weighted by Crippen LogP contribution is 2.45. The summed E-state index contributed by atoms with van der Waals surface area (Å²) in [4.78, 5) is 72.2. The molecule has 19 heteroatoms. The van der Waals surface area contributed by atoms with Crippen LogP contribution >= 0.6 is 15.6 Å². The highest BCUT2D eigenvalue weighted by atomic mass is 31.2. The smallest absolute Gasteiger partial charge is 0.462 e. The van der Waals surface area contributed by atoms with E-state index in [2.05, 4.69) is 55.4 Å². The lowest BCUT2D eigenvalue weighted by atomic mass is 10.00. The molecule has 0 saturated heterocycles. The molecule has 498 valence electrons. The Bertz CT molecular complexity index is 1680. The molecule has 17 nitrogen and oxygen atoms in total. The van der Waals surface area contributed by atoms with E-state index < -0.39 is 97.5 Å². The summed E-state index contributed by atoms with van der Waals surface area (Å²) in [6, 6.07) is 0. The van der Waals surface area contributed by atoms with Crippen molar-refractivity contribution in [2.24, 2.45) is 23.7 Å². The Morgan fingerprint density at radius 2 is 0.571 bits per heavy atom. The highest BCUT2D eigenvalue weighted by Gasteiger charge is 2.30. The lowest BCUT2D eigenvalue weighted by Gasteiger charge is -2.21. The van der Waals surface area contributed by atoms with Gasteiger partial charge in [0.15, 0.2) is 12.2 Å². The van der Waals surface area contributed by atoms with Crippen molar-refractivity contribution in [2.45, 2.75) is 331 Å². The molecule has 0 aliphatic carbocycles. The zero-order valence-electron chi connectivity index (χ0n) is 54.5. The molecule has 84 heavy (non-hydrogen) atoms. The Morgan fingerprint density at radius 1 is 0.333 bits per heavy atom. The van der Waals surface area contributed by atoms with Crippen LogP contribution in [0.1, 0.15) is 312 Å². The molecule has 0 aromatic heterocycles. The number of phosphoric acid groups is 2. The second-order valence-corrected chi connectivity index (χ2v) is 28.1. The standard InChI is InChI=1S/C65H126O17P2/c1-9-58(8)44-36-28-22-24-30-38-46-63(68)76-52-61(82-65(70)48-40-32-20-16-15-18-26-34-42-56(4)5)54-80-84(73,74)78-50-59(66)49-77-83(71,72)79-53-60(51-75-62(67)45-37-29-23-21-27-35-43-57(6)7)81-64(69)47-39-31-19-14-12-10-11-13-17-25-33-41-55(2)3/h55-61,66H,9-54H2,1-8H3,(H,71,72)(H,73,74)/t58?,59-,60-,61-/m1/s1. The first-order chi connectivity index (χ1) is 40.1. The van der Waals surface area contributed by atoms with Crippen molar-refractivity contribution in [1.29, 1.82) is 0 Å². The fraction of sp³-hybridized carbons (Fsp3) is 0.938. The summed E-state index contributed by atoms with van der Waals surface area (Å²) >= 11 is 0. The highest BCUT2D eigenvalue weighted by molar-refractivity contribution is 7.47. The monoisotopic (exact) mass is 1240 g/mol. The first-order valence-electron chi connectivity index (χ1n) is 33.7. The molecule has 0 radical (unpaired) electrons. The molecule has 0 aliphatic rings. The summed E-state index contributed by atoms with van der Waals surface area (Å²) in [5, 5.41) is 10.5. The molecule has 0 fully saturated rings. The molecule has 0 rings (SSSR count). The van der Waals surface area contributed by atoms with Gasteiger partial charge in [0, 0.05) is 25.7 Å². The van der Waals surface area contributed by atoms with Crippen LogP contribution in [0.2, 0.25) is 0 Å². The molecule has 6 atom stereocenters. The maximum atomic E-state index is 13.0. The van der Waals surface area contributed by atoms with Crippen LogP contribution in [0.4, 0.5) is 0 Å². The van der Waals surface area contributed by atoms with E-state index in [-0.39, 0.29) is 25.7 Å².